The maximum Gasteiger partial charge on any atom is 0.143 e. The van der Waals surface area contributed by atoms with Crippen molar-refractivity contribution in [3.05, 3.63) is 53.4 Å². The number of halogens is 1. The van der Waals surface area contributed by atoms with Gasteiger partial charge >= 0.3 is 0 Å². The molecule has 0 amide bonds. The first-order chi connectivity index (χ1) is 7.79. The number of furan rings is 1. The van der Waals surface area contributed by atoms with Gasteiger partial charge in [-0.1, -0.05) is 11.6 Å². The third-order valence-electron chi connectivity index (χ3n) is 2.16. The van der Waals surface area contributed by atoms with Gasteiger partial charge in [-0.3, -0.25) is 0 Å². The van der Waals surface area contributed by atoms with Gasteiger partial charge in [-0.25, -0.2) is 0 Å². The molecule has 0 fully saturated rings. The highest BCUT2D eigenvalue weighted by molar-refractivity contribution is 6.30. The highest BCUT2D eigenvalue weighted by Crippen LogP contribution is 2.20. The Bertz CT molecular complexity index is 485. The van der Waals surface area contributed by atoms with Gasteiger partial charge in [0.1, 0.15) is 6.04 Å². The zero-order valence-electron chi connectivity index (χ0n) is 8.35. The Balaban J connectivity index is 2.14. The minimum Gasteiger partial charge on any atom is -0.472 e. The van der Waals surface area contributed by atoms with E-state index in [1.807, 2.05) is 12.1 Å². The Morgan fingerprint density at radius 2 is 2.00 bits per heavy atom. The molecule has 0 saturated carbocycles. The topological polar surface area (TPSA) is 49.0 Å². The average Bonchev–Trinajstić information content (AvgIpc) is 2.82. The second-order valence-electron chi connectivity index (χ2n) is 3.27. The zero-order chi connectivity index (χ0) is 11.4. The van der Waals surface area contributed by atoms with Crippen LogP contribution in [-0.4, -0.2) is 0 Å². The lowest BCUT2D eigenvalue weighted by Gasteiger charge is -2.10. The van der Waals surface area contributed by atoms with Crippen molar-refractivity contribution >= 4 is 17.3 Å². The van der Waals surface area contributed by atoms with Crippen LogP contribution in [0.4, 0.5) is 5.69 Å². The lowest BCUT2D eigenvalue weighted by Crippen LogP contribution is -2.07. The highest BCUT2D eigenvalue weighted by Gasteiger charge is 2.10. The molecule has 0 bridgehead atoms. The van der Waals surface area contributed by atoms with Crippen LogP contribution in [0.25, 0.3) is 0 Å². The third kappa shape index (κ3) is 2.36. The van der Waals surface area contributed by atoms with Crippen LogP contribution in [-0.2, 0) is 0 Å². The number of hydrogen-bond donors (Lipinski definition) is 1. The molecular formula is C12H9ClN2O. The first-order valence-corrected chi connectivity index (χ1v) is 5.11. The van der Waals surface area contributed by atoms with Gasteiger partial charge in [0.25, 0.3) is 0 Å². The Labute approximate surface area is 98.3 Å². The maximum absolute atomic E-state index is 9.03. The summed E-state index contributed by atoms with van der Waals surface area (Å²) in [7, 11) is 0. The SMILES string of the molecule is N#CC(Nc1ccc(Cl)cc1)c1ccoc1. The Hall–Kier alpha value is -1.92. The fourth-order valence-corrected chi connectivity index (χ4v) is 1.47. The molecule has 1 atom stereocenters. The van der Waals surface area contributed by atoms with Gasteiger partial charge < -0.3 is 9.73 Å². The lowest BCUT2D eigenvalue weighted by atomic mass is 10.1. The predicted molar refractivity (Wildman–Crippen MR) is 62.1 cm³/mol. The Kier molecular flexibility index (Phi) is 3.13. The van der Waals surface area contributed by atoms with E-state index in [2.05, 4.69) is 11.4 Å². The van der Waals surface area contributed by atoms with E-state index in [0.717, 1.165) is 11.3 Å². The summed E-state index contributed by atoms with van der Waals surface area (Å²) in [5, 5.41) is 12.8. The molecule has 1 heterocycles. The summed E-state index contributed by atoms with van der Waals surface area (Å²) in [4.78, 5) is 0. The molecule has 0 aliphatic heterocycles. The van der Waals surface area contributed by atoms with E-state index < -0.39 is 6.04 Å². The molecule has 0 saturated heterocycles. The number of benzene rings is 1. The largest absolute Gasteiger partial charge is 0.472 e. The van der Waals surface area contributed by atoms with Crippen LogP contribution in [0.15, 0.2) is 47.3 Å². The minimum absolute atomic E-state index is 0.417. The molecule has 0 spiro atoms. The standard InChI is InChI=1S/C12H9ClN2O/c13-10-1-3-11(4-2-10)15-12(7-14)9-5-6-16-8-9/h1-6,8,12,15H. The van der Waals surface area contributed by atoms with Crippen molar-refractivity contribution in [3.8, 4) is 6.07 Å². The molecule has 1 aromatic heterocycles. The molecule has 0 aliphatic carbocycles. The van der Waals surface area contributed by atoms with E-state index in [0.29, 0.717) is 5.02 Å². The monoisotopic (exact) mass is 232 g/mol. The van der Waals surface area contributed by atoms with Crippen LogP contribution in [0.1, 0.15) is 11.6 Å². The van der Waals surface area contributed by atoms with Gasteiger partial charge in [0.2, 0.25) is 0 Å². The summed E-state index contributed by atoms with van der Waals surface area (Å²) in [6, 6.07) is 10.7. The molecular weight excluding hydrogens is 224 g/mol. The normalized spacial score (nSPS) is 11.8. The van der Waals surface area contributed by atoms with Gasteiger partial charge in [0.15, 0.2) is 0 Å². The summed E-state index contributed by atoms with van der Waals surface area (Å²) >= 11 is 5.77. The van der Waals surface area contributed by atoms with Crippen LogP contribution >= 0.6 is 11.6 Å². The molecule has 1 unspecified atom stereocenters. The molecule has 0 aliphatic rings. The van der Waals surface area contributed by atoms with Crippen LogP contribution in [0.5, 0.6) is 0 Å². The van der Waals surface area contributed by atoms with Crippen molar-refractivity contribution in [2.75, 3.05) is 5.32 Å². The molecule has 2 rings (SSSR count). The molecule has 2 aromatic rings. The van der Waals surface area contributed by atoms with Crippen molar-refractivity contribution in [3.63, 3.8) is 0 Å². The molecule has 1 aromatic carbocycles. The molecule has 16 heavy (non-hydrogen) atoms. The lowest BCUT2D eigenvalue weighted by molar-refractivity contribution is 0.563. The van der Waals surface area contributed by atoms with E-state index >= 15 is 0 Å². The van der Waals surface area contributed by atoms with Crippen LogP contribution in [0.3, 0.4) is 0 Å². The molecule has 4 heteroatoms. The average molecular weight is 233 g/mol. The summed E-state index contributed by atoms with van der Waals surface area (Å²) in [5.74, 6) is 0. The summed E-state index contributed by atoms with van der Waals surface area (Å²) in [6.45, 7) is 0. The van der Waals surface area contributed by atoms with E-state index in [1.54, 1.807) is 30.7 Å². The molecule has 1 N–H and O–H groups in total. The van der Waals surface area contributed by atoms with Crippen LogP contribution in [0.2, 0.25) is 5.02 Å². The number of rotatable bonds is 3. The van der Waals surface area contributed by atoms with Gasteiger partial charge in [0, 0.05) is 16.3 Å². The van der Waals surface area contributed by atoms with E-state index in [4.69, 9.17) is 21.3 Å². The van der Waals surface area contributed by atoms with E-state index in [9.17, 15) is 0 Å². The summed E-state index contributed by atoms with van der Waals surface area (Å²) < 4.78 is 4.94. The number of hydrogen-bond acceptors (Lipinski definition) is 3. The van der Waals surface area contributed by atoms with Gasteiger partial charge in [0.05, 0.1) is 18.6 Å². The molecule has 80 valence electrons. The Morgan fingerprint density at radius 3 is 2.56 bits per heavy atom. The number of nitrogens with one attached hydrogen (secondary N) is 1. The fourth-order valence-electron chi connectivity index (χ4n) is 1.34. The van der Waals surface area contributed by atoms with Crippen molar-refractivity contribution in [1.82, 2.24) is 0 Å². The summed E-state index contributed by atoms with van der Waals surface area (Å²) in [6.07, 6.45) is 3.10. The highest BCUT2D eigenvalue weighted by atomic mass is 35.5. The smallest absolute Gasteiger partial charge is 0.143 e. The predicted octanol–water partition coefficient (Wildman–Crippen LogP) is 3.61. The van der Waals surface area contributed by atoms with Crippen molar-refractivity contribution in [2.45, 2.75) is 6.04 Å². The number of anilines is 1. The molecule has 3 nitrogen and oxygen atoms in total. The second kappa shape index (κ2) is 4.73. The Morgan fingerprint density at radius 1 is 1.25 bits per heavy atom. The second-order valence-corrected chi connectivity index (χ2v) is 3.71. The van der Waals surface area contributed by atoms with Gasteiger partial charge in [-0.05, 0) is 30.3 Å². The summed E-state index contributed by atoms with van der Waals surface area (Å²) in [5.41, 5.74) is 1.65. The van der Waals surface area contributed by atoms with Crippen molar-refractivity contribution in [2.24, 2.45) is 0 Å². The number of nitriles is 1. The quantitative estimate of drug-likeness (QED) is 0.880. The van der Waals surface area contributed by atoms with Crippen LogP contribution < -0.4 is 5.32 Å². The number of nitrogens with zero attached hydrogens (tertiary/aromatic N) is 1. The fraction of sp³-hybridized carbons (Fsp3) is 0.0833. The van der Waals surface area contributed by atoms with E-state index in [1.165, 1.54) is 0 Å². The van der Waals surface area contributed by atoms with Crippen LogP contribution in [0, 0.1) is 11.3 Å². The zero-order valence-corrected chi connectivity index (χ0v) is 9.11. The first-order valence-electron chi connectivity index (χ1n) is 4.73. The minimum atomic E-state index is -0.417. The maximum atomic E-state index is 9.03. The van der Waals surface area contributed by atoms with Gasteiger partial charge in [-0.2, -0.15) is 5.26 Å². The van der Waals surface area contributed by atoms with Crippen molar-refractivity contribution < 1.29 is 4.42 Å². The third-order valence-corrected chi connectivity index (χ3v) is 2.41. The first kappa shape index (κ1) is 10.6. The van der Waals surface area contributed by atoms with Crippen molar-refractivity contribution in [1.29, 1.82) is 5.26 Å². The van der Waals surface area contributed by atoms with Gasteiger partial charge in [-0.15, -0.1) is 0 Å². The van der Waals surface area contributed by atoms with E-state index in [-0.39, 0.29) is 0 Å². The molecule has 0 radical (unpaired) electrons.